The molecule has 0 aliphatic rings. The highest BCUT2D eigenvalue weighted by atomic mass is 79.9. The van der Waals surface area contributed by atoms with Crippen LogP contribution in [-0.2, 0) is 0 Å². The van der Waals surface area contributed by atoms with E-state index in [1.165, 1.54) is 29.8 Å². The van der Waals surface area contributed by atoms with Gasteiger partial charge in [-0.1, -0.05) is 0 Å². The van der Waals surface area contributed by atoms with E-state index in [2.05, 4.69) is 26.2 Å². The SMILES string of the molecule is N#Cc1cncc(C(=O)Nc2cc(Br)cs2)c1. The minimum Gasteiger partial charge on any atom is -0.313 e. The Morgan fingerprint density at radius 3 is 2.94 bits per heavy atom. The van der Waals surface area contributed by atoms with Gasteiger partial charge in [0.25, 0.3) is 5.91 Å². The molecule has 0 atom stereocenters. The number of hydrogen-bond acceptors (Lipinski definition) is 4. The van der Waals surface area contributed by atoms with Gasteiger partial charge >= 0.3 is 0 Å². The molecule has 0 aliphatic heterocycles. The van der Waals surface area contributed by atoms with E-state index in [0.29, 0.717) is 11.1 Å². The number of aromatic nitrogens is 1. The molecule has 0 saturated heterocycles. The molecule has 1 amide bonds. The standard InChI is InChI=1S/C11H6BrN3OS/c12-9-2-10(17-6-9)15-11(16)8-1-7(3-13)4-14-5-8/h1-2,4-6H,(H,15,16). The fourth-order valence-electron chi connectivity index (χ4n) is 1.19. The molecule has 0 saturated carbocycles. The maximum atomic E-state index is 11.8. The van der Waals surface area contributed by atoms with E-state index in [-0.39, 0.29) is 5.91 Å². The molecule has 1 N–H and O–H groups in total. The molecule has 0 unspecified atom stereocenters. The third-order valence-electron chi connectivity index (χ3n) is 1.93. The zero-order valence-corrected chi connectivity index (χ0v) is 10.9. The summed E-state index contributed by atoms with van der Waals surface area (Å²) in [6.45, 7) is 0. The molecule has 6 heteroatoms. The van der Waals surface area contributed by atoms with Gasteiger partial charge in [0.15, 0.2) is 0 Å². The smallest absolute Gasteiger partial charge is 0.257 e. The average Bonchev–Trinajstić information content (AvgIpc) is 2.75. The summed E-state index contributed by atoms with van der Waals surface area (Å²) in [7, 11) is 0. The molecule has 0 spiro atoms. The van der Waals surface area contributed by atoms with Crippen LogP contribution < -0.4 is 5.32 Å². The summed E-state index contributed by atoms with van der Waals surface area (Å²) < 4.78 is 0.918. The maximum Gasteiger partial charge on any atom is 0.257 e. The molecule has 2 aromatic heterocycles. The van der Waals surface area contributed by atoms with Crippen LogP contribution in [0.1, 0.15) is 15.9 Å². The van der Waals surface area contributed by atoms with E-state index in [1.807, 2.05) is 17.5 Å². The normalized spacial score (nSPS) is 9.65. The lowest BCUT2D eigenvalue weighted by atomic mass is 10.2. The van der Waals surface area contributed by atoms with Crippen LogP contribution in [0.2, 0.25) is 0 Å². The minimum atomic E-state index is -0.274. The van der Waals surface area contributed by atoms with Crippen LogP contribution in [0.15, 0.2) is 34.4 Å². The number of amides is 1. The van der Waals surface area contributed by atoms with E-state index in [4.69, 9.17) is 5.26 Å². The minimum absolute atomic E-state index is 0.274. The number of carbonyl (C=O) groups is 1. The molecule has 4 nitrogen and oxygen atoms in total. The van der Waals surface area contributed by atoms with Crippen LogP contribution in [0, 0.1) is 11.3 Å². The van der Waals surface area contributed by atoms with Crippen molar-refractivity contribution in [3.8, 4) is 6.07 Å². The van der Waals surface area contributed by atoms with Gasteiger partial charge in [-0.15, -0.1) is 11.3 Å². The molecular formula is C11H6BrN3OS. The zero-order valence-electron chi connectivity index (χ0n) is 8.48. The Balaban J connectivity index is 2.17. The van der Waals surface area contributed by atoms with E-state index < -0.39 is 0 Å². The van der Waals surface area contributed by atoms with Gasteiger partial charge in [-0.25, -0.2) is 0 Å². The van der Waals surface area contributed by atoms with Gasteiger partial charge in [-0.3, -0.25) is 9.78 Å². The first kappa shape index (κ1) is 11.8. The van der Waals surface area contributed by atoms with Crippen LogP contribution >= 0.6 is 27.3 Å². The predicted molar refractivity (Wildman–Crippen MR) is 68.9 cm³/mol. The maximum absolute atomic E-state index is 11.8. The lowest BCUT2D eigenvalue weighted by Crippen LogP contribution is -2.11. The third kappa shape index (κ3) is 2.90. The van der Waals surface area contributed by atoms with Gasteiger partial charge in [0.1, 0.15) is 6.07 Å². The first-order chi connectivity index (χ1) is 8.19. The van der Waals surface area contributed by atoms with Crippen LogP contribution in [-0.4, -0.2) is 10.9 Å². The Labute approximate surface area is 110 Å². The second-order valence-electron chi connectivity index (χ2n) is 3.16. The second kappa shape index (κ2) is 5.08. The number of carbonyl (C=O) groups excluding carboxylic acids is 1. The van der Waals surface area contributed by atoms with Gasteiger partial charge in [0.2, 0.25) is 0 Å². The summed E-state index contributed by atoms with van der Waals surface area (Å²) in [6.07, 6.45) is 2.84. The molecule has 0 aromatic carbocycles. The summed E-state index contributed by atoms with van der Waals surface area (Å²) in [6, 6.07) is 5.26. The molecule has 0 radical (unpaired) electrons. The highest BCUT2D eigenvalue weighted by Crippen LogP contribution is 2.24. The molecule has 84 valence electrons. The van der Waals surface area contributed by atoms with Crippen molar-refractivity contribution in [3.63, 3.8) is 0 Å². The molecule has 0 fully saturated rings. The summed E-state index contributed by atoms with van der Waals surface area (Å²) in [5.41, 5.74) is 0.735. The van der Waals surface area contributed by atoms with Crippen molar-refractivity contribution in [1.82, 2.24) is 4.98 Å². The molecule has 0 bridgehead atoms. The Morgan fingerprint density at radius 1 is 1.47 bits per heavy atom. The van der Waals surface area contributed by atoms with Gasteiger partial charge in [0.05, 0.1) is 16.1 Å². The molecule has 0 aliphatic carbocycles. The van der Waals surface area contributed by atoms with E-state index in [1.54, 1.807) is 0 Å². The number of halogens is 1. The highest BCUT2D eigenvalue weighted by Gasteiger charge is 2.08. The van der Waals surface area contributed by atoms with Gasteiger partial charge in [-0.05, 0) is 28.1 Å². The Hall–Kier alpha value is -1.71. The molecule has 2 aromatic rings. The topological polar surface area (TPSA) is 65.8 Å². The Kier molecular flexibility index (Phi) is 3.52. The molecular weight excluding hydrogens is 302 g/mol. The number of nitrogens with zero attached hydrogens (tertiary/aromatic N) is 2. The van der Waals surface area contributed by atoms with Crippen molar-refractivity contribution in [3.05, 3.63) is 45.5 Å². The Morgan fingerprint density at radius 2 is 2.29 bits per heavy atom. The van der Waals surface area contributed by atoms with Crippen LogP contribution in [0.4, 0.5) is 5.00 Å². The van der Waals surface area contributed by atoms with Crippen LogP contribution in [0.25, 0.3) is 0 Å². The number of rotatable bonds is 2. The van der Waals surface area contributed by atoms with Gasteiger partial charge in [-0.2, -0.15) is 5.26 Å². The van der Waals surface area contributed by atoms with Crippen molar-refractivity contribution in [2.24, 2.45) is 0 Å². The summed E-state index contributed by atoms with van der Waals surface area (Å²) in [4.78, 5) is 15.7. The summed E-state index contributed by atoms with van der Waals surface area (Å²) in [5.74, 6) is -0.274. The van der Waals surface area contributed by atoms with E-state index >= 15 is 0 Å². The second-order valence-corrected chi connectivity index (χ2v) is 4.98. The quantitative estimate of drug-likeness (QED) is 0.927. The van der Waals surface area contributed by atoms with Crippen molar-refractivity contribution >= 4 is 38.2 Å². The van der Waals surface area contributed by atoms with Crippen molar-refractivity contribution in [1.29, 1.82) is 5.26 Å². The predicted octanol–water partition coefficient (Wildman–Crippen LogP) is 3.03. The first-order valence-corrected chi connectivity index (χ1v) is 6.27. The number of nitriles is 1. The fourth-order valence-corrected chi connectivity index (χ4v) is 2.50. The molecule has 2 heterocycles. The fraction of sp³-hybridized carbons (Fsp3) is 0. The van der Waals surface area contributed by atoms with Gasteiger partial charge in [0, 0.05) is 22.2 Å². The molecule has 17 heavy (non-hydrogen) atoms. The first-order valence-electron chi connectivity index (χ1n) is 4.59. The largest absolute Gasteiger partial charge is 0.313 e. The van der Waals surface area contributed by atoms with Crippen molar-refractivity contribution in [2.75, 3.05) is 5.32 Å². The van der Waals surface area contributed by atoms with Crippen molar-refractivity contribution in [2.45, 2.75) is 0 Å². The Bertz CT molecular complexity index is 603. The number of pyridine rings is 1. The summed E-state index contributed by atoms with van der Waals surface area (Å²) >= 11 is 4.72. The number of thiophene rings is 1. The third-order valence-corrected chi connectivity index (χ3v) is 3.54. The number of nitrogens with one attached hydrogen (secondary N) is 1. The number of hydrogen-bond donors (Lipinski definition) is 1. The van der Waals surface area contributed by atoms with Crippen molar-refractivity contribution < 1.29 is 4.79 Å². The van der Waals surface area contributed by atoms with Crippen LogP contribution in [0.5, 0.6) is 0 Å². The van der Waals surface area contributed by atoms with Crippen LogP contribution in [0.3, 0.4) is 0 Å². The number of anilines is 1. The van der Waals surface area contributed by atoms with E-state index in [9.17, 15) is 4.79 Å². The van der Waals surface area contributed by atoms with E-state index in [0.717, 1.165) is 9.47 Å². The average molecular weight is 308 g/mol. The zero-order chi connectivity index (χ0) is 12.3. The highest BCUT2D eigenvalue weighted by molar-refractivity contribution is 9.10. The lowest BCUT2D eigenvalue weighted by Gasteiger charge is -2.01. The molecule has 2 rings (SSSR count). The van der Waals surface area contributed by atoms with Gasteiger partial charge < -0.3 is 5.32 Å². The summed E-state index contributed by atoms with van der Waals surface area (Å²) in [5, 5.41) is 14.1. The monoisotopic (exact) mass is 307 g/mol. The lowest BCUT2D eigenvalue weighted by molar-refractivity contribution is 0.102.